The van der Waals surface area contributed by atoms with Gasteiger partial charge in [-0.15, -0.1) is 23.5 Å². The molecule has 1 unspecified atom stereocenters. The van der Waals surface area contributed by atoms with Gasteiger partial charge in [-0.2, -0.15) is 0 Å². The molecule has 0 saturated carbocycles. The standard InChI is InChI=1S/C11H24S2/c1-6-12-11(13-7-2)10(5)8-9(3)4/h9-11H,6-8H2,1-5H3. The number of hydrogen-bond acceptors (Lipinski definition) is 2. The van der Waals surface area contributed by atoms with Crippen LogP contribution in [0.15, 0.2) is 0 Å². The second kappa shape index (κ2) is 8.05. The van der Waals surface area contributed by atoms with Crippen LogP contribution in [0.1, 0.15) is 41.0 Å². The Morgan fingerprint density at radius 2 is 1.38 bits per heavy atom. The summed E-state index contributed by atoms with van der Waals surface area (Å²) in [5.74, 6) is 4.20. The first-order valence-electron chi connectivity index (χ1n) is 5.34. The van der Waals surface area contributed by atoms with Crippen LogP contribution in [0.25, 0.3) is 0 Å². The van der Waals surface area contributed by atoms with E-state index in [0.29, 0.717) is 0 Å². The molecule has 0 aromatic carbocycles. The molecule has 0 saturated heterocycles. The fraction of sp³-hybridized carbons (Fsp3) is 1.00. The largest absolute Gasteiger partial charge is 0.148 e. The summed E-state index contributed by atoms with van der Waals surface area (Å²) in [5, 5.41) is 0. The van der Waals surface area contributed by atoms with Crippen LogP contribution in [0, 0.1) is 11.8 Å². The first kappa shape index (κ1) is 13.7. The average molecular weight is 220 g/mol. The predicted octanol–water partition coefficient (Wildman–Crippen LogP) is 4.50. The Balaban J connectivity index is 3.86. The summed E-state index contributed by atoms with van der Waals surface area (Å²) in [7, 11) is 0. The van der Waals surface area contributed by atoms with Gasteiger partial charge in [0.15, 0.2) is 0 Å². The highest BCUT2D eigenvalue weighted by molar-refractivity contribution is 8.17. The van der Waals surface area contributed by atoms with E-state index in [1.165, 1.54) is 17.9 Å². The molecule has 0 aliphatic heterocycles. The van der Waals surface area contributed by atoms with Gasteiger partial charge in [-0.05, 0) is 29.8 Å². The van der Waals surface area contributed by atoms with Crippen LogP contribution < -0.4 is 0 Å². The molecule has 0 aliphatic carbocycles. The summed E-state index contributed by atoms with van der Waals surface area (Å²) in [4.78, 5) is 0. The summed E-state index contributed by atoms with van der Waals surface area (Å²) >= 11 is 4.23. The van der Waals surface area contributed by atoms with E-state index >= 15 is 0 Å². The van der Waals surface area contributed by atoms with E-state index in [0.717, 1.165) is 16.4 Å². The molecule has 0 bridgehead atoms. The van der Waals surface area contributed by atoms with Crippen LogP contribution in [-0.4, -0.2) is 16.1 Å². The molecule has 2 heteroatoms. The van der Waals surface area contributed by atoms with E-state index in [2.05, 4.69) is 58.1 Å². The number of thioether (sulfide) groups is 2. The summed E-state index contributed by atoms with van der Waals surface area (Å²) < 4.78 is 0.817. The third kappa shape index (κ3) is 6.73. The Labute approximate surface area is 92.6 Å². The van der Waals surface area contributed by atoms with Crippen molar-refractivity contribution in [2.45, 2.75) is 45.6 Å². The lowest BCUT2D eigenvalue weighted by atomic mass is 10.0. The van der Waals surface area contributed by atoms with Crippen molar-refractivity contribution in [3.63, 3.8) is 0 Å². The monoisotopic (exact) mass is 220 g/mol. The quantitative estimate of drug-likeness (QED) is 0.579. The van der Waals surface area contributed by atoms with E-state index in [1.54, 1.807) is 0 Å². The molecule has 0 nitrogen and oxygen atoms in total. The maximum atomic E-state index is 2.40. The van der Waals surface area contributed by atoms with Gasteiger partial charge in [0.25, 0.3) is 0 Å². The second-order valence-electron chi connectivity index (χ2n) is 3.89. The molecule has 0 aromatic heterocycles. The van der Waals surface area contributed by atoms with Gasteiger partial charge in [-0.25, -0.2) is 0 Å². The minimum Gasteiger partial charge on any atom is -0.148 e. The minimum absolute atomic E-state index is 0.817. The van der Waals surface area contributed by atoms with E-state index < -0.39 is 0 Å². The van der Waals surface area contributed by atoms with Gasteiger partial charge >= 0.3 is 0 Å². The Hall–Kier alpha value is 0.700. The molecular weight excluding hydrogens is 196 g/mol. The van der Waals surface area contributed by atoms with Crippen molar-refractivity contribution in [3.05, 3.63) is 0 Å². The maximum Gasteiger partial charge on any atom is 0.0527 e. The molecule has 0 aromatic rings. The molecule has 0 amide bonds. The first-order valence-corrected chi connectivity index (χ1v) is 7.44. The van der Waals surface area contributed by atoms with E-state index in [-0.39, 0.29) is 0 Å². The molecule has 0 fully saturated rings. The van der Waals surface area contributed by atoms with Gasteiger partial charge in [0.1, 0.15) is 0 Å². The highest BCUT2D eigenvalue weighted by Gasteiger charge is 2.17. The normalized spacial score (nSPS) is 14.1. The first-order chi connectivity index (χ1) is 6.11. The molecule has 1 atom stereocenters. The zero-order valence-corrected chi connectivity index (χ0v) is 11.3. The highest BCUT2D eigenvalue weighted by Crippen LogP contribution is 2.33. The molecular formula is C11H24S2. The van der Waals surface area contributed by atoms with Gasteiger partial charge in [0, 0.05) is 0 Å². The molecule has 13 heavy (non-hydrogen) atoms. The lowest BCUT2D eigenvalue weighted by Gasteiger charge is -2.23. The molecule has 0 rings (SSSR count). The SMILES string of the molecule is CCSC(SCC)C(C)CC(C)C. The topological polar surface area (TPSA) is 0 Å². The van der Waals surface area contributed by atoms with E-state index in [4.69, 9.17) is 0 Å². The zero-order chi connectivity index (χ0) is 10.3. The van der Waals surface area contributed by atoms with Crippen molar-refractivity contribution in [2.75, 3.05) is 11.5 Å². The fourth-order valence-electron chi connectivity index (χ4n) is 1.56. The van der Waals surface area contributed by atoms with Crippen LogP contribution in [0.4, 0.5) is 0 Å². The third-order valence-electron chi connectivity index (χ3n) is 1.97. The molecule has 0 N–H and O–H groups in total. The van der Waals surface area contributed by atoms with Gasteiger partial charge in [0.05, 0.1) is 4.58 Å². The van der Waals surface area contributed by atoms with Gasteiger partial charge in [-0.3, -0.25) is 0 Å². The number of hydrogen-bond donors (Lipinski definition) is 0. The van der Waals surface area contributed by atoms with Crippen LogP contribution in [-0.2, 0) is 0 Å². The van der Waals surface area contributed by atoms with Crippen molar-refractivity contribution in [1.82, 2.24) is 0 Å². The van der Waals surface area contributed by atoms with Crippen molar-refractivity contribution >= 4 is 23.5 Å². The highest BCUT2D eigenvalue weighted by atomic mass is 32.2. The zero-order valence-electron chi connectivity index (χ0n) is 9.67. The van der Waals surface area contributed by atoms with Crippen molar-refractivity contribution in [1.29, 1.82) is 0 Å². The molecule has 0 spiro atoms. The van der Waals surface area contributed by atoms with Crippen LogP contribution in [0.2, 0.25) is 0 Å². The van der Waals surface area contributed by atoms with Crippen molar-refractivity contribution < 1.29 is 0 Å². The van der Waals surface area contributed by atoms with Crippen molar-refractivity contribution in [3.8, 4) is 0 Å². The smallest absolute Gasteiger partial charge is 0.0527 e. The predicted molar refractivity (Wildman–Crippen MR) is 68.7 cm³/mol. The lowest BCUT2D eigenvalue weighted by Crippen LogP contribution is -2.13. The summed E-state index contributed by atoms with van der Waals surface area (Å²) in [5.41, 5.74) is 0. The van der Waals surface area contributed by atoms with Crippen molar-refractivity contribution in [2.24, 2.45) is 11.8 Å². The van der Waals surface area contributed by atoms with Crippen LogP contribution in [0.3, 0.4) is 0 Å². The molecule has 0 aliphatic rings. The summed E-state index contributed by atoms with van der Waals surface area (Å²) in [6.07, 6.45) is 1.37. The molecule has 0 radical (unpaired) electrons. The van der Waals surface area contributed by atoms with Crippen LogP contribution in [0.5, 0.6) is 0 Å². The Morgan fingerprint density at radius 1 is 0.923 bits per heavy atom. The van der Waals surface area contributed by atoms with E-state index in [9.17, 15) is 0 Å². The molecule has 0 heterocycles. The van der Waals surface area contributed by atoms with E-state index in [1.807, 2.05) is 0 Å². The minimum atomic E-state index is 0.817. The second-order valence-corrected chi connectivity index (χ2v) is 7.02. The fourth-order valence-corrected chi connectivity index (χ4v) is 4.30. The van der Waals surface area contributed by atoms with Gasteiger partial charge in [0.2, 0.25) is 0 Å². The third-order valence-corrected chi connectivity index (χ3v) is 5.04. The lowest BCUT2D eigenvalue weighted by molar-refractivity contribution is 0.464. The Bertz CT molecular complexity index is 107. The number of rotatable bonds is 7. The van der Waals surface area contributed by atoms with Gasteiger partial charge < -0.3 is 0 Å². The van der Waals surface area contributed by atoms with Crippen LogP contribution >= 0.6 is 23.5 Å². The maximum absolute atomic E-state index is 2.40. The summed E-state index contributed by atoms with van der Waals surface area (Å²) in [6, 6.07) is 0. The van der Waals surface area contributed by atoms with Gasteiger partial charge in [-0.1, -0.05) is 34.6 Å². The average Bonchev–Trinajstić information content (AvgIpc) is 2.02. The Kier molecular flexibility index (Phi) is 8.48. The summed E-state index contributed by atoms with van der Waals surface area (Å²) in [6.45, 7) is 11.6. The Morgan fingerprint density at radius 3 is 1.69 bits per heavy atom. The molecule has 80 valence electrons.